The Bertz CT molecular complexity index is 496. The second kappa shape index (κ2) is 6.13. The predicted molar refractivity (Wildman–Crippen MR) is 77.0 cm³/mol. The second-order valence-electron chi connectivity index (χ2n) is 4.85. The Morgan fingerprint density at radius 3 is 2.20 bits per heavy atom. The molecule has 1 atom stereocenters. The zero-order valence-electron chi connectivity index (χ0n) is 11.3. The van der Waals surface area contributed by atoms with E-state index in [1.54, 1.807) is 4.90 Å². The average molecular weight is 297 g/mol. The van der Waals surface area contributed by atoms with E-state index < -0.39 is 11.9 Å². The summed E-state index contributed by atoms with van der Waals surface area (Å²) in [5.74, 6) is -2.36. The van der Waals surface area contributed by atoms with E-state index in [9.17, 15) is 9.59 Å². The van der Waals surface area contributed by atoms with Crippen molar-refractivity contribution in [3.05, 3.63) is 29.3 Å². The highest BCUT2D eigenvalue weighted by molar-refractivity contribution is 6.30. The van der Waals surface area contributed by atoms with Gasteiger partial charge in [0.15, 0.2) is 0 Å². The molecule has 0 spiro atoms. The highest BCUT2D eigenvalue weighted by Crippen LogP contribution is 2.20. The maximum absolute atomic E-state index is 11.9. The van der Waals surface area contributed by atoms with Crippen LogP contribution in [0.3, 0.4) is 0 Å². The number of halogens is 1. The van der Waals surface area contributed by atoms with E-state index in [4.69, 9.17) is 16.7 Å². The molecule has 1 aromatic carbocycles. The van der Waals surface area contributed by atoms with Crippen LogP contribution in [0.2, 0.25) is 5.02 Å². The monoisotopic (exact) mass is 296 g/mol. The summed E-state index contributed by atoms with van der Waals surface area (Å²) >= 11 is 5.85. The molecule has 0 saturated carbocycles. The Hall–Kier alpha value is -1.75. The third-order valence-corrected chi connectivity index (χ3v) is 3.78. The molecule has 1 amide bonds. The molecule has 20 heavy (non-hydrogen) atoms. The number of hydrogen-bond acceptors (Lipinski definition) is 3. The first kappa shape index (κ1) is 14.7. The number of nitrogens with zero attached hydrogens (tertiary/aromatic N) is 2. The predicted octanol–water partition coefficient (Wildman–Crippen LogP) is 1.71. The molecule has 1 N–H and O–H groups in total. The van der Waals surface area contributed by atoms with Crippen molar-refractivity contribution in [2.45, 2.75) is 6.92 Å². The number of carbonyl (C=O) groups is 2. The molecule has 0 aromatic heterocycles. The van der Waals surface area contributed by atoms with Crippen LogP contribution < -0.4 is 4.90 Å². The fraction of sp³-hybridized carbons (Fsp3) is 0.429. The summed E-state index contributed by atoms with van der Waals surface area (Å²) in [6, 6.07) is 7.56. The van der Waals surface area contributed by atoms with E-state index >= 15 is 0 Å². The summed E-state index contributed by atoms with van der Waals surface area (Å²) in [6.45, 7) is 3.90. The molecule has 1 unspecified atom stereocenters. The van der Waals surface area contributed by atoms with Gasteiger partial charge < -0.3 is 14.9 Å². The van der Waals surface area contributed by atoms with Crippen LogP contribution in [0.15, 0.2) is 24.3 Å². The van der Waals surface area contributed by atoms with Crippen LogP contribution >= 0.6 is 11.6 Å². The number of rotatable bonds is 3. The largest absolute Gasteiger partial charge is 0.481 e. The van der Waals surface area contributed by atoms with Crippen molar-refractivity contribution in [3.63, 3.8) is 0 Å². The van der Waals surface area contributed by atoms with Gasteiger partial charge in [0.1, 0.15) is 5.92 Å². The second-order valence-corrected chi connectivity index (χ2v) is 5.29. The molecular formula is C14H17ClN2O3. The van der Waals surface area contributed by atoms with Gasteiger partial charge in [0, 0.05) is 36.9 Å². The van der Waals surface area contributed by atoms with Gasteiger partial charge in [-0.05, 0) is 31.2 Å². The number of anilines is 1. The molecule has 0 radical (unpaired) electrons. The SMILES string of the molecule is CC(C(=O)O)C(=O)N1CCN(c2ccc(Cl)cc2)CC1. The maximum atomic E-state index is 11.9. The minimum absolute atomic E-state index is 0.312. The molecule has 0 bridgehead atoms. The number of aliphatic carboxylic acids is 1. The summed E-state index contributed by atoms with van der Waals surface area (Å²) in [6.07, 6.45) is 0. The van der Waals surface area contributed by atoms with Crippen LogP contribution in [0.4, 0.5) is 5.69 Å². The first-order valence-electron chi connectivity index (χ1n) is 6.51. The van der Waals surface area contributed by atoms with E-state index in [2.05, 4.69) is 4.90 Å². The number of carbonyl (C=O) groups excluding carboxylic acids is 1. The Labute approximate surface area is 122 Å². The van der Waals surface area contributed by atoms with Crippen molar-refractivity contribution in [2.75, 3.05) is 31.1 Å². The zero-order valence-corrected chi connectivity index (χ0v) is 12.0. The third kappa shape index (κ3) is 3.22. The zero-order chi connectivity index (χ0) is 14.7. The van der Waals surface area contributed by atoms with Crippen LogP contribution in [0, 0.1) is 5.92 Å². The van der Waals surface area contributed by atoms with Crippen LogP contribution in [0.1, 0.15) is 6.92 Å². The smallest absolute Gasteiger partial charge is 0.315 e. The Balaban J connectivity index is 1.94. The molecule has 6 heteroatoms. The maximum Gasteiger partial charge on any atom is 0.315 e. The van der Waals surface area contributed by atoms with Gasteiger partial charge in [-0.1, -0.05) is 11.6 Å². The Morgan fingerprint density at radius 2 is 1.70 bits per heavy atom. The van der Waals surface area contributed by atoms with Crippen molar-refractivity contribution in [2.24, 2.45) is 5.92 Å². The van der Waals surface area contributed by atoms with Crippen molar-refractivity contribution in [1.29, 1.82) is 0 Å². The summed E-state index contributed by atoms with van der Waals surface area (Å²) in [4.78, 5) is 26.5. The fourth-order valence-corrected chi connectivity index (χ4v) is 2.34. The van der Waals surface area contributed by atoms with E-state index in [1.165, 1.54) is 6.92 Å². The van der Waals surface area contributed by atoms with Gasteiger partial charge >= 0.3 is 5.97 Å². The van der Waals surface area contributed by atoms with Crippen molar-refractivity contribution in [1.82, 2.24) is 4.90 Å². The van der Waals surface area contributed by atoms with Crippen LogP contribution in [0.25, 0.3) is 0 Å². The Kier molecular flexibility index (Phi) is 4.49. The number of carboxylic acids is 1. The lowest BCUT2D eigenvalue weighted by Crippen LogP contribution is -2.51. The lowest BCUT2D eigenvalue weighted by Gasteiger charge is -2.36. The summed E-state index contributed by atoms with van der Waals surface area (Å²) < 4.78 is 0. The van der Waals surface area contributed by atoms with Crippen molar-refractivity contribution in [3.8, 4) is 0 Å². The van der Waals surface area contributed by atoms with Gasteiger partial charge in [-0.3, -0.25) is 9.59 Å². The lowest BCUT2D eigenvalue weighted by molar-refractivity contribution is -0.150. The molecule has 108 valence electrons. The number of piperazine rings is 1. The van der Waals surface area contributed by atoms with E-state index in [0.717, 1.165) is 5.69 Å². The fourth-order valence-electron chi connectivity index (χ4n) is 2.22. The summed E-state index contributed by atoms with van der Waals surface area (Å²) in [5.41, 5.74) is 1.06. The standard InChI is InChI=1S/C14H17ClN2O3/c1-10(14(19)20)13(18)17-8-6-16(7-9-17)12-4-2-11(15)3-5-12/h2-5,10H,6-9H2,1H3,(H,19,20). The topological polar surface area (TPSA) is 60.9 Å². The quantitative estimate of drug-likeness (QED) is 0.863. The molecule has 1 aromatic rings. The molecular weight excluding hydrogens is 280 g/mol. The summed E-state index contributed by atoms with van der Waals surface area (Å²) in [5, 5.41) is 9.56. The first-order chi connectivity index (χ1) is 9.49. The minimum atomic E-state index is -1.07. The Morgan fingerprint density at radius 1 is 1.15 bits per heavy atom. The van der Waals surface area contributed by atoms with Crippen molar-refractivity contribution >= 4 is 29.2 Å². The van der Waals surface area contributed by atoms with Gasteiger partial charge in [-0.15, -0.1) is 0 Å². The normalized spacial score (nSPS) is 16.9. The average Bonchev–Trinajstić information content (AvgIpc) is 2.46. The van der Waals surface area contributed by atoms with E-state index in [-0.39, 0.29) is 5.91 Å². The molecule has 5 nitrogen and oxygen atoms in total. The minimum Gasteiger partial charge on any atom is -0.481 e. The van der Waals surface area contributed by atoms with E-state index in [0.29, 0.717) is 31.2 Å². The molecule has 0 aliphatic carbocycles. The lowest BCUT2D eigenvalue weighted by atomic mass is 10.1. The number of hydrogen-bond donors (Lipinski definition) is 1. The molecule has 1 fully saturated rings. The third-order valence-electron chi connectivity index (χ3n) is 3.52. The van der Waals surface area contributed by atoms with Gasteiger partial charge in [0.2, 0.25) is 5.91 Å². The highest BCUT2D eigenvalue weighted by Gasteiger charge is 2.28. The number of benzene rings is 1. The van der Waals surface area contributed by atoms with Crippen molar-refractivity contribution < 1.29 is 14.7 Å². The number of carboxylic acid groups (broad SMARTS) is 1. The van der Waals surface area contributed by atoms with Crippen LogP contribution in [0.5, 0.6) is 0 Å². The van der Waals surface area contributed by atoms with Gasteiger partial charge in [-0.2, -0.15) is 0 Å². The van der Waals surface area contributed by atoms with Gasteiger partial charge in [0.25, 0.3) is 0 Å². The molecule has 1 aliphatic rings. The number of amides is 1. The van der Waals surface area contributed by atoms with Gasteiger partial charge in [0.05, 0.1) is 0 Å². The molecule has 2 rings (SSSR count). The van der Waals surface area contributed by atoms with Crippen LogP contribution in [-0.4, -0.2) is 48.1 Å². The molecule has 1 saturated heterocycles. The van der Waals surface area contributed by atoms with Gasteiger partial charge in [-0.25, -0.2) is 0 Å². The first-order valence-corrected chi connectivity index (χ1v) is 6.89. The van der Waals surface area contributed by atoms with E-state index in [1.807, 2.05) is 24.3 Å². The molecule has 1 aliphatic heterocycles. The summed E-state index contributed by atoms with van der Waals surface area (Å²) in [7, 11) is 0. The molecule has 1 heterocycles. The highest BCUT2D eigenvalue weighted by atomic mass is 35.5. The van der Waals surface area contributed by atoms with Crippen LogP contribution in [-0.2, 0) is 9.59 Å².